The van der Waals surface area contributed by atoms with Gasteiger partial charge in [-0.3, -0.25) is 14.5 Å². The summed E-state index contributed by atoms with van der Waals surface area (Å²) in [6.07, 6.45) is -8.18. The Morgan fingerprint density at radius 1 is 1.00 bits per heavy atom. The first-order valence-corrected chi connectivity index (χ1v) is 12.1. The summed E-state index contributed by atoms with van der Waals surface area (Å²) >= 11 is 0. The van der Waals surface area contributed by atoms with Crippen LogP contribution in [0.25, 0.3) is 10.9 Å². The van der Waals surface area contributed by atoms with Gasteiger partial charge in [-0.2, -0.15) is 26.3 Å². The van der Waals surface area contributed by atoms with E-state index in [1.54, 1.807) is 11.1 Å². The molecule has 3 N–H and O–H groups in total. The molecule has 0 unspecified atom stereocenters. The van der Waals surface area contributed by atoms with Crippen LogP contribution in [0.1, 0.15) is 27.0 Å². The number of amides is 2. The van der Waals surface area contributed by atoms with Gasteiger partial charge in [-0.1, -0.05) is 18.2 Å². The second-order valence-corrected chi connectivity index (χ2v) is 9.32. The minimum Gasteiger partial charge on any atom is -0.395 e. The van der Waals surface area contributed by atoms with Crippen LogP contribution >= 0.6 is 12.4 Å². The van der Waals surface area contributed by atoms with Gasteiger partial charge in [0.25, 0.3) is 5.91 Å². The van der Waals surface area contributed by atoms with Gasteiger partial charge in [-0.15, -0.1) is 12.4 Å². The number of carbonyl (C=O) groups is 2. The van der Waals surface area contributed by atoms with Crippen molar-refractivity contribution in [1.29, 1.82) is 0 Å². The Morgan fingerprint density at radius 3 is 2.27 bits per heavy atom. The number of nitrogens with zero attached hydrogens (tertiary/aromatic N) is 2. The Kier molecular flexibility index (Phi) is 9.75. The maximum atomic E-state index is 13.5. The third-order valence-electron chi connectivity index (χ3n) is 6.59. The SMILES string of the molecule is Cl.O=C(CN1CCN(C(=O)c2cc(C(F)(F)F)cc(C(F)(F)F)c2)[C@H](Cc2c[nH]c3ccccc23)C1)NCCO. The molecule has 1 aliphatic heterocycles. The molecule has 2 heterocycles. The van der Waals surface area contributed by atoms with Crippen molar-refractivity contribution >= 4 is 35.1 Å². The highest BCUT2D eigenvalue weighted by Crippen LogP contribution is 2.37. The van der Waals surface area contributed by atoms with Crippen molar-refractivity contribution in [2.24, 2.45) is 0 Å². The molecule has 14 heteroatoms. The van der Waals surface area contributed by atoms with E-state index in [9.17, 15) is 35.9 Å². The number of nitrogens with one attached hydrogen (secondary N) is 2. The second-order valence-electron chi connectivity index (χ2n) is 9.32. The van der Waals surface area contributed by atoms with Gasteiger partial charge in [-0.25, -0.2) is 0 Å². The van der Waals surface area contributed by atoms with E-state index in [1.165, 1.54) is 4.90 Å². The average Bonchev–Trinajstić information content (AvgIpc) is 3.28. The molecule has 0 saturated carbocycles. The standard InChI is InChI=1S/C26H26F6N4O3.ClH/c27-25(28,29)18-9-16(10-19(12-18)26(30,31)32)24(39)36-7-6-35(15-23(38)33-5-8-37)14-20(36)11-17-13-34-22-4-2-1-3-21(17)22;/h1-4,9-10,12-13,20,34,37H,5-8,11,14-15H2,(H,33,38);1H/t20-;/m1./s1. The predicted molar refractivity (Wildman–Crippen MR) is 137 cm³/mol. The molecule has 0 radical (unpaired) electrons. The van der Waals surface area contributed by atoms with Crippen LogP contribution in [-0.4, -0.2) is 77.1 Å². The smallest absolute Gasteiger partial charge is 0.395 e. The Morgan fingerprint density at radius 2 is 1.65 bits per heavy atom. The maximum Gasteiger partial charge on any atom is 0.416 e. The molecular formula is C26H27ClF6N4O3. The van der Waals surface area contributed by atoms with Gasteiger partial charge in [0.15, 0.2) is 0 Å². The lowest BCUT2D eigenvalue weighted by molar-refractivity contribution is -0.143. The molecular weight excluding hydrogens is 566 g/mol. The number of piperazine rings is 1. The van der Waals surface area contributed by atoms with Gasteiger partial charge in [0.05, 0.1) is 24.3 Å². The number of alkyl halides is 6. The van der Waals surface area contributed by atoms with E-state index in [1.807, 2.05) is 24.3 Å². The number of rotatable bonds is 7. The zero-order chi connectivity index (χ0) is 28.4. The molecule has 4 rings (SSSR count). The van der Waals surface area contributed by atoms with Crippen LogP contribution in [0.4, 0.5) is 26.3 Å². The van der Waals surface area contributed by atoms with E-state index in [-0.39, 0.29) is 70.1 Å². The fourth-order valence-electron chi connectivity index (χ4n) is 4.76. The summed E-state index contributed by atoms with van der Waals surface area (Å²) in [6.45, 7) is 0.0861. The number of benzene rings is 2. The third-order valence-corrected chi connectivity index (χ3v) is 6.59. The first kappa shape index (κ1) is 31.2. The summed E-state index contributed by atoms with van der Waals surface area (Å²) in [6, 6.07) is 7.58. The number of aliphatic hydroxyl groups is 1. The first-order valence-electron chi connectivity index (χ1n) is 12.1. The molecule has 1 atom stereocenters. The Balaban J connectivity index is 0.00000441. The lowest BCUT2D eigenvalue weighted by Gasteiger charge is -2.41. The number of hydrogen-bond acceptors (Lipinski definition) is 4. The van der Waals surface area contributed by atoms with Crippen molar-refractivity contribution in [3.63, 3.8) is 0 Å². The van der Waals surface area contributed by atoms with Crippen LogP contribution in [0, 0.1) is 0 Å². The molecule has 0 spiro atoms. The number of hydrogen-bond donors (Lipinski definition) is 3. The van der Waals surface area contributed by atoms with Crippen molar-refractivity contribution in [2.75, 3.05) is 39.3 Å². The maximum absolute atomic E-state index is 13.5. The number of aliphatic hydroxyl groups excluding tert-OH is 1. The molecule has 2 amide bonds. The summed E-state index contributed by atoms with van der Waals surface area (Å²) in [5.41, 5.74) is -2.20. The number of fused-ring (bicyclic) bond motifs is 1. The molecule has 40 heavy (non-hydrogen) atoms. The summed E-state index contributed by atoms with van der Waals surface area (Å²) < 4.78 is 80.5. The molecule has 7 nitrogen and oxygen atoms in total. The fourth-order valence-corrected chi connectivity index (χ4v) is 4.76. The molecule has 1 fully saturated rings. The highest BCUT2D eigenvalue weighted by Gasteiger charge is 2.39. The normalized spacial score (nSPS) is 16.6. The quantitative estimate of drug-likeness (QED) is 0.361. The van der Waals surface area contributed by atoms with Crippen molar-refractivity contribution in [2.45, 2.75) is 24.8 Å². The zero-order valence-corrected chi connectivity index (χ0v) is 21.8. The summed E-state index contributed by atoms with van der Waals surface area (Å²) in [4.78, 5) is 31.8. The molecule has 0 aliphatic carbocycles. The monoisotopic (exact) mass is 592 g/mol. The minimum atomic E-state index is -5.08. The van der Waals surface area contributed by atoms with Crippen LogP contribution in [0.2, 0.25) is 0 Å². The fraction of sp³-hybridized carbons (Fsp3) is 0.385. The highest BCUT2D eigenvalue weighted by molar-refractivity contribution is 5.95. The summed E-state index contributed by atoms with van der Waals surface area (Å²) in [5.74, 6) is -1.32. The van der Waals surface area contributed by atoms with Gasteiger partial charge in [0.1, 0.15) is 0 Å². The largest absolute Gasteiger partial charge is 0.416 e. The van der Waals surface area contributed by atoms with E-state index in [2.05, 4.69) is 10.3 Å². The topological polar surface area (TPSA) is 88.7 Å². The van der Waals surface area contributed by atoms with E-state index in [0.29, 0.717) is 12.1 Å². The lowest BCUT2D eigenvalue weighted by Crippen LogP contribution is -2.57. The Hall–Kier alpha value is -3.29. The van der Waals surface area contributed by atoms with Crippen LogP contribution in [0.5, 0.6) is 0 Å². The molecule has 1 aliphatic rings. The number of H-pyrrole nitrogens is 1. The number of halogens is 7. The Labute approximate surface area is 231 Å². The van der Waals surface area contributed by atoms with Crippen LogP contribution in [-0.2, 0) is 23.6 Å². The van der Waals surface area contributed by atoms with Crippen LogP contribution in [0.15, 0.2) is 48.7 Å². The van der Waals surface area contributed by atoms with Gasteiger partial charge in [-0.05, 0) is 36.2 Å². The average molecular weight is 593 g/mol. The zero-order valence-electron chi connectivity index (χ0n) is 21.0. The summed E-state index contributed by atoms with van der Waals surface area (Å²) in [5, 5.41) is 12.3. The third kappa shape index (κ3) is 7.26. The predicted octanol–water partition coefficient (Wildman–Crippen LogP) is 4.10. The van der Waals surface area contributed by atoms with Crippen molar-refractivity contribution < 1.29 is 41.0 Å². The lowest BCUT2D eigenvalue weighted by atomic mass is 9.98. The summed E-state index contributed by atoms with van der Waals surface area (Å²) in [7, 11) is 0. The van der Waals surface area contributed by atoms with Crippen molar-refractivity contribution in [3.05, 3.63) is 70.9 Å². The van der Waals surface area contributed by atoms with E-state index in [4.69, 9.17) is 5.11 Å². The van der Waals surface area contributed by atoms with Crippen LogP contribution < -0.4 is 5.32 Å². The van der Waals surface area contributed by atoms with E-state index >= 15 is 0 Å². The van der Waals surface area contributed by atoms with Crippen molar-refractivity contribution in [1.82, 2.24) is 20.1 Å². The van der Waals surface area contributed by atoms with E-state index in [0.717, 1.165) is 16.5 Å². The number of para-hydroxylation sites is 1. The molecule has 3 aromatic rings. The molecule has 1 aromatic heterocycles. The molecule has 1 saturated heterocycles. The minimum absolute atomic E-state index is 0. The number of carbonyl (C=O) groups excluding carboxylic acids is 2. The highest BCUT2D eigenvalue weighted by atomic mass is 35.5. The molecule has 2 aromatic carbocycles. The van der Waals surface area contributed by atoms with Crippen molar-refractivity contribution in [3.8, 4) is 0 Å². The van der Waals surface area contributed by atoms with Gasteiger partial charge >= 0.3 is 12.4 Å². The molecule has 0 bridgehead atoms. The first-order chi connectivity index (χ1) is 18.4. The van der Waals surface area contributed by atoms with Gasteiger partial charge < -0.3 is 20.3 Å². The van der Waals surface area contributed by atoms with Crippen LogP contribution in [0.3, 0.4) is 0 Å². The van der Waals surface area contributed by atoms with Gasteiger partial charge in [0.2, 0.25) is 5.91 Å². The number of aromatic nitrogens is 1. The second kappa shape index (κ2) is 12.5. The number of aromatic amines is 1. The Bertz CT molecular complexity index is 1310. The molecule has 218 valence electrons. The van der Waals surface area contributed by atoms with Gasteiger partial charge in [0, 0.05) is 54.9 Å². The van der Waals surface area contributed by atoms with E-state index < -0.39 is 41.0 Å².